The molecule has 0 spiro atoms. The zero-order chi connectivity index (χ0) is 12.1. The van der Waals surface area contributed by atoms with Crippen LogP contribution in [0.1, 0.15) is 5.56 Å². The third-order valence-electron chi connectivity index (χ3n) is 2.04. The van der Waals surface area contributed by atoms with Gasteiger partial charge in [0.25, 0.3) is 0 Å². The van der Waals surface area contributed by atoms with E-state index in [9.17, 15) is 0 Å². The molecule has 0 bridgehead atoms. The third kappa shape index (κ3) is 3.72. The fourth-order valence-electron chi connectivity index (χ4n) is 1.15. The van der Waals surface area contributed by atoms with Crippen LogP contribution in [0.4, 0.5) is 0 Å². The van der Waals surface area contributed by atoms with Gasteiger partial charge in [-0.2, -0.15) is 0 Å². The highest BCUT2D eigenvalue weighted by Crippen LogP contribution is 2.22. The van der Waals surface area contributed by atoms with Crippen LogP contribution in [0.5, 0.6) is 5.75 Å². The molecule has 16 heavy (non-hydrogen) atoms. The third-order valence-corrected chi connectivity index (χ3v) is 2.35. The van der Waals surface area contributed by atoms with Crippen molar-refractivity contribution < 1.29 is 4.74 Å². The number of benzene rings is 1. The number of amidine groups is 1. The Morgan fingerprint density at radius 1 is 1.50 bits per heavy atom. The summed E-state index contributed by atoms with van der Waals surface area (Å²) in [5.41, 5.74) is 5.89. The Hall–Kier alpha value is -1.26. The van der Waals surface area contributed by atoms with Gasteiger partial charge in [0.05, 0.1) is 5.02 Å². The fourth-order valence-corrected chi connectivity index (χ4v) is 1.42. The van der Waals surface area contributed by atoms with Crippen molar-refractivity contribution in [1.29, 1.82) is 5.41 Å². The van der Waals surface area contributed by atoms with Crippen molar-refractivity contribution in [2.24, 2.45) is 5.73 Å². The average molecular weight is 242 g/mol. The second kappa shape index (κ2) is 5.72. The van der Waals surface area contributed by atoms with Gasteiger partial charge in [-0.1, -0.05) is 11.6 Å². The van der Waals surface area contributed by atoms with Crippen LogP contribution in [-0.2, 0) is 0 Å². The molecule has 4 nitrogen and oxygen atoms in total. The summed E-state index contributed by atoms with van der Waals surface area (Å²) in [6.07, 6.45) is 0. The molecule has 1 rings (SSSR count). The van der Waals surface area contributed by atoms with Crippen LogP contribution in [0.3, 0.4) is 0 Å². The second-order valence-corrected chi connectivity index (χ2v) is 4.11. The lowest BCUT2D eigenvalue weighted by molar-refractivity contribution is 0.261. The summed E-state index contributed by atoms with van der Waals surface area (Å²) < 4.78 is 5.49. The Labute approximate surface area is 100 Å². The molecule has 0 unspecified atom stereocenters. The van der Waals surface area contributed by atoms with E-state index in [1.165, 1.54) is 0 Å². The molecule has 3 N–H and O–H groups in total. The van der Waals surface area contributed by atoms with Gasteiger partial charge in [-0.15, -0.1) is 0 Å². The number of nitrogen functional groups attached to an aromatic ring is 1. The first-order chi connectivity index (χ1) is 7.50. The number of halogens is 1. The summed E-state index contributed by atoms with van der Waals surface area (Å²) in [6, 6.07) is 5.13. The molecule has 0 saturated carbocycles. The molecule has 5 heteroatoms. The maximum atomic E-state index is 7.29. The van der Waals surface area contributed by atoms with E-state index in [4.69, 9.17) is 27.5 Å². The largest absolute Gasteiger partial charge is 0.492 e. The van der Waals surface area contributed by atoms with E-state index in [0.29, 0.717) is 22.9 Å². The Morgan fingerprint density at radius 2 is 2.19 bits per heavy atom. The number of nitrogens with one attached hydrogen (secondary N) is 1. The topological polar surface area (TPSA) is 62.3 Å². The predicted octanol–water partition coefficient (Wildman–Crippen LogP) is 1.56. The average Bonchev–Trinajstić information content (AvgIpc) is 2.16. The van der Waals surface area contributed by atoms with E-state index < -0.39 is 0 Å². The van der Waals surface area contributed by atoms with E-state index in [1.54, 1.807) is 18.2 Å². The van der Waals surface area contributed by atoms with Crippen LogP contribution < -0.4 is 10.5 Å². The maximum Gasteiger partial charge on any atom is 0.124 e. The number of rotatable bonds is 5. The number of nitrogens with zero attached hydrogens (tertiary/aromatic N) is 1. The molecule has 0 amide bonds. The van der Waals surface area contributed by atoms with Crippen molar-refractivity contribution in [3.05, 3.63) is 28.8 Å². The number of hydrogen-bond donors (Lipinski definition) is 2. The molecule has 88 valence electrons. The van der Waals surface area contributed by atoms with E-state index in [2.05, 4.69) is 0 Å². The highest BCUT2D eigenvalue weighted by Gasteiger charge is 2.05. The van der Waals surface area contributed by atoms with Gasteiger partial charge in [0.1, 0.15) is 18.2 Å². The van der Waals surface area contributed by atoms with Gasteiger partial charge in [0.2, 0.25) is 0 Å². The van der Waals surface area contributed by atoms with E-state index in [1.807, 2.05) is 19.0 Å². The van der Waals surface area contributed by atoms with Gasteiger partial charge in [-0.25, -0.2) is 0 Å². The fraction of sp³-hybridized carbons (Fsp3) is 0.364. The highest BCUT2D eigenvalue weighted by molar-refractivity contribution is 6.34. The van der Waals surface area contributed by atoms with Crippen LogP contribution in [0.15, 0.2) is 18.2 Å². The lowest BCUT2D eigenvalue weighted by atomic mass is 10.2. The molecule has 0 aliphatic heterocycles. The van der Waals surface area contributed by atoms with Crippen LogP contribution in [0.25, 0.3) is 0 Å². The monoisotopic (exact) mass is 241 g/mol. The normalized spacial score (nSPS) is 10.5. The number of likely N-dealkylation sites (N-methyl/N-ethyl adjacent to an activating group) is 1. The molecule has 1 aromatic rings. The Kier molecular flexibility index (Phi) is 4.58. The van der Waals surface area contributed by atoms with Crippen molar-refractivity contribution in [2.45, 2.75) is 0 Å². The molecule has 0 fully saturated rings. The van der Waals surface area contributed by atoms with Crippen molar-refractivity contribution >= 4 is 17.4 Å². The van der Waals surface area contributed by atoms with Crippen LogP contribution in [0, 0.1) is 5.41 Å². The molecule has 0 heterocycles. The Morgan fingerprint density at radius 3 is 2.69 bits per heavy atom. The van der Waals surface area contributed by atoms with Crippen LogP contribution in [-0.4, -0.2) is 38.0 Å². The summed E-state index contributed by atoms with van der Waals surface area (Å²) >= 11 is 5.95. The Bertz CT molecular complexity index is 379. The molecular formula is C11H16ClN3O. The second-order valence-electron chi connectivity index (χ2n) is 3.71. The van der Waals surface area contributed by atoms with Crippen LogP contribution in [0.2, 0.25) is 5.02 Å². The van der Waals surface area contributed by atoms with Gasteiger partial charge < -0.3 is 15.4 Å². The van der Waals surface area contributed by atoms with Gasteiger partial charge in [0, 0.05) is 12.1 Å². The summed E-state index contributed by atoms with van der Waals surface area (Å²) in [7, 11) is 3.96. The summed E-state index contributed by atoms with van der Waals surface area (Å²) in [5, 5.41) is 7.73. The van der Waals surface area contributed by atoms with Gasteiger partial charge in [0.15, 0.2) is 0 Å². The van der Waals surface area contributed by atoms with E-state index in [-0.39, 0.29) is 5.84 Å². The first-order valence-corrected chi connectivity index (χ1v) is 5.30. The van der Waals surface area contributed by atoms with E-state index in [0.717, 1.165) is 6.54 Å². The molecule has 0 radical (unpaired) electrons. The maximum absolute atomic E-state index is 7.29. The minimum Gasteiger partial charge on any atom is -0.492 e. The minimum atomic E-state index is -0.0372. The van der Waals surface area contributed by atoms with Crippen molar-refractivity contribution in [2.75, 3.05) is 27.2 Å². The smallest absolute Gasteiger partial charge is 0.124 e. The van der Waals surface area contributed by atoms with Gasteiger partial charge >= 0.3 is 0 Å². The predicted molar refractivity (Wildman–Crippen MR) is 66.5 cm³/mol. The summed E-state index contributed by atoms with van der Waals surface area (Å²) in [5.74, 6) is 0.654. The highest BCUT2D eigenvalue weighted by atomic mass is 35.5. The number of hydrogen-bond acceptors (Lipinski definition) is 3. The molecule has 0 aliphatic carbocycles. The van der Waals surface area contributed by atoms with Crippen molar-refractivity contribution in [3.8, 4) is 5.75 Å². The first kappa shape index (κ1) is 12.8. The zero-order valence-electron chi connectivity index (χ0n) is 9.46. The summed E-state index contributed by atoms with van der Waals surface area (Å²) in [6.45, 7) is 1.44. The lowest BCUT2D eigenvalue weighted by Gasteiger charge is -2.11. The summed E-state index contributed by atoms with van der Waals surface area (Å²) in [4.78, 5) is 2.03. The molecule has 0 aliphatic rings. The standard InChI is InChI=1S/C11H16ClN3O/c1-15(2)5-6-16-8-3-4-9(11(13)14)10(12)7-8/h3-4,7H,5-6H2,1-2H3,(H3,13,14). The zero-order valence-corrected chi connectivity index (χ0v) is 10.2. The SMILES string of the molecule is CN(C)CCOc1ccc(C(=N)N)c(Cl)c1. The Balaban J connectivity index is 2.63. The molecule has 0 saturated heterocycles. The molecular weight excluding hydrogens is 226 g/mol. The minimum absolute atomic E-state index is 0.0372. The lowest BCUT2D eigenvalue weighted by Crippen LogP contribution is -2.19. The quantitative estimate of drug-likeness (QED) is 0.608. The van der Waals surface area contributed by atoms with E-state index >= 15 is 0 Å². The van der Waals surface area contributed by atoms with Crippen molar-refractivity contribution in [3.63, 3.8) is 0 Å². The molecule has 0 aromatic heterocycles. The molecule has 1 aromatic carbocycles. The van der Waals surface area contributed by atoms with Gasteiger partial charge in [-0.3, -0.25) is 5.41 Å². The van der Waals surface area contributed by atoms with Gasteiger partial charge in [-0.05, 0) is 32.3 Å². The number of ether oxygens (including phenoxy) is 1. The van der Waals surface area contributed by atoms with Crippen molar-refractivity contribution in [1.82, 2.24) is 4.90 Å². The molecule has 0 atom stereocenters. The first-order valence-electron chi connectivity index (χ1n) is 4.92. The van der Waals surface area contributed by atoms with Crippen LogP contribution >= 0.6 is 11.6 Å². The number of nitrogens with two attached hydrogens (primary N) is 1.